The lowest BCUT2D eigenvalue weighted by atomic mass is 10.0. The Kier molecular flexibility index (Phi) is 10.7. The summed E-state index contributed by atoms with van der Waals surface area (Å²) in [6, 6.07) is 4.03. The van der Waals surface area contributed by atoms with Gasteiger partial charge in [0.05, 0.1) is 10.9 Å². The maximum Gasteiger partial charge on any atom is 0.303 e. The number of alkyl halides is 3. The van der Waals surface area contributed by atoms with Gasteiger partial charge in [0.1, 0.15) is 12.8 Å². The molecule has 0 fully saturated rings. The second-order valence-electron chi connectivity index (χ2n) is 5.10. The number of carboxylic acids is 1. The van der Waals surface area contributed by atoms with Crippen molar-refractivity contribution in [3.63, 3.8) is 0 Å². The summed E-state index contributed by atoms with van der Waals surface area (Å²) in [5.41, 5.74) is 0.256. The molecule has 0 bridgehead atoms. The van der Waals surface area contributed by atoms with Crippen LogP contribution in [0.5, 0.6) is 0 Å². The Labute approximate surface area is 161 Å². The second kappa shape index (κ2) is 11.3. The average molecular weight is 432 g/mol. The van der Waals surface area contributed by atoms with Crippen LogP contribution in [0.2, 0.25) is 0 Å². The number of sulfone groups is 1. The van der Waals surface area contributed by atoms with E-state index in [1.807, 2.05) is 0 Å². The van der Waals surface area contributed by atoms with Gasteiger partial charge in [0.15, 0.2) is 14.7 Å². The Morgan fingerprint density at radius 2 is 1.69 bits per heavy atom. The highest BCUT2D eigenvalue weighted by Gasteiger charge is 2.25. The topological polar surface area (TPSA) is 121 Å². The van der Waals surface area contributed by atoms with Gasteiger partial charge in [0, 0.05) is 12.7 Å². The van der Waals surface area contributed by atoms with Gasteiger partial charge in [-0.25, -0.2) is 12.8 Å². The molecule has 0 heterocycles. The number of hydrogen-bond donors (Lipinski definition) is 3. The van der Waals surface area contributed by atoms with Crippen molar-refractivity contribution in [2.24, 2.45) is 0 Å². The lowest BCUT2D eigenvalue weighted by Gasteiger charge is -2.22. The number of carbonyl (C=O) groups is 2. The van der Waals surface area contributed by atoms with Gasteiger partial charge >= 0.3 is 5.97 Å². The van der Waals surface area contributed by atoms with Crippen molar-refractivity contribution in [2.45, 2.75) is 35.2 Å². The van der Waals surface area contributed by atoms with Crippen LogP contribution in [0.25, 0.3) is 0 Å². The summed E-state index contributed by atoms with van der Waals surface area (Å²) in [7, 11) is -3.36. The minimum absolute atomic E-state index is 0.0702. The van der Waals surface area contributed by atoms with E-state index in [4.69, 9.17) is 28.3 Å². The second-order valence-corrected chi connectivity index (χ2v) is 8.22. The molecule has 0 saturated heterocycles. The van der Waals surface area contributed by atoms with E-state index in [0.29, 0.717) is 0 Å². The monoisotopic (exact) mass is 431 g/mol. The number of halogens is 3. The third kappa shape index (κ3) is 8.79. The summed E-state index contributed by atoms with van der Waals surface area (Å²) in [6.45, 7) is 0.559. The standard InChI is InChI=1S/C12H14Cl2FNO4S.C3H6O2/c1-21(19,20)8-4-2-7(3-5-8)10(17)9(6-15)16-12(18)11(13)14;1-2-3(4)5/h2-5,9-11,17H,6H2,1H3,(H,16,18);2H2,1H3,(H,4,5)/t9-,10-;/m1./s1. The quantitative estimate of drug-likeness (QED) is 0.566. The molecule has 0 unspecified atom stereocenters. The third-order valence-corrected chi connectivity index (χ3v) is 4.55. The molecule has 0 radical (unpaired) electrons. The first-order valence-electron chi connectivity index (χ1n) is 7.28. The number of aliphatic hydroxyl groups excluding tert-OH is 1. The van der Waals surface area contributed by atoms with Crippen LogP contribution in [0.1, 0.15) is 25.0 Å². The summed E-state index contributed by atoms with van der Waals surface area (Å²) >= 11 is 10.7. The van der Waals surface area contributed by atoms with Crippen LogP contribution in [0.4, 0.5) is 4.39 Å². The van der Waals surface area contributed by atoms with Crippen LogP contribution in [-0.4, -0.2) is 54.3 Å². The largest absolute Gasteiger partial charge is 0.481 e. The zero-order valence-corrected chi connectivity index (χ0v) is 16.4. The summed E-state index contributed by atoms with van der Waals surface area (Å²) in [5.74, 6) is -1.57. The van der Waals surface area contributed by atoms with Crippen LogP contribution in [-0.2, 0) is 19.4 Å². The summed E-state index contributed by atoms with van der Waals surface area (Å²) < 4.78 is 35.6. The van der Waals surface area contributed by atoms with Crippen LogP contribution in [0.15, 0.2) is 29.2 Å². The van der Waals surface area contributed by atoms with Crippen molar-refractivity contribution < 1.29 is 32.6 Å². The molecule has 11 heteroatoms. The number of carboxylic acid groups (broad SMARTS) is 1. The van der Waals surface area contributed by atoms with Gasteiger partial charge in [-0.2, -0.15) is 0 Å². The molecule has 148 valence electrons. The van der Waals surface area contributed by atoms with E-state index in [2.05, 4.69) is 5.32 Å². The molecule has 3 N–H and O–H groups in total. The van der Waals surface area contributed by atoms with Crippen molar-refractivity contribution in [3.05, 3.63) is 29.8 Å². The number of carbonyl (C=O) groups excluding carboxylic acids is 1. The molecule has 7 nitrogen and oxygen atoms in total. The Balaban J connectivity index is 0.00000110. The van der Waals surface area contributed by atoms with Gasteiger partial charge in [-0.15, -0.1) is 0 Å². The maximum absolute atomic E-state index is 12.9. The third-order valence-electron chi connectivity index (χ3n) is 3.03. The predicted octanol–water partition coefficient (Wildman–Crippen LogP) is 1.86. The summed E-state index contributed by atoms with van der Waals surface area (Å²) in [6.07, 6.45) is -0.0935. The zero-order valence-electron chi connectivity index (χ0n) is 14.0. The first kappa shape index (κ1) is 24.6. The van der Waals surface area contributed by atoms with Gasteiger partial charge in [0.25, 0.3) is 5.91 Å². The van der Waals surface area contributed by atoms with Gasteiger partial charge in [-0.1, -0.05) is 42.3 Å². The van der Waals surface area contributed by atoms with Crippen molar-refractivity contribution in [2.75, 3.05) is 12.9 Å². The molecule has 0 aliphatic rings. The number of nitrogens with one attached hydrogen (secondary N) is 1. The molecule has 2 atom stereocenters. The molecule has 1 rings (SSSR count). The van der Waals surface area contributed by atoms with E-state index in [1.165, 1.54) is 24.3 Å². The molecule has 0 saturated carbocycles. The zero-order chi connectivity index (χ0) is 20.5. The lowest BCUT2D eigenvalue weighted by molar-refractivity contribution is -0.136. The van der Waals surface area contributed by atoms with Crippen LogP contribution >= 0.6 is 23.2 Å². The number of aliphatic carboxylic acids is 1. The minimum atomic E-state index is -3.36. The summed E-state index contributed by atoms with van der Waals surface area (Å²) in [4.78, 5) is 19.4. The molecule has 0 spiro atoms. The normalized spacial score (nSPS) is 13.3. The molecular formula is C15H20Cl2FNO6S. The number of aliphatic hydroxyl groups is 1. The fourth-order valence-corrected chi connectivity index (χ4v) is 2.35. The minimum Gasteiger partial charge on any atom is -0.481 e. The van der Waals surface area contributed by atoms with Crippen LogP contribution in [0.3, 0.4) is 0 Å². The molecule has 1 aromatic rings. The molecule has 1 aromatic carbocycles. The number of hydrogen-bond acceptors (Lipinski definition) is 5. The van der Waals surface area contributed by atoms with Gasteiger partial charge in [-0.3, -0.25) is 9.59 Å². The lowest BCUT2D eigenvalue weighted by Crippen LogP contribution is -2.43. The molecule has 0 aliphatic heterocycles. The van der Waals surface area contributed by atoms with Crippen molar-refractivity contribution in [1.29, 1.82) is 0 Å². The van der Waals surface area contributed by atoms with Crippen molar-refractivity contribution in [3.8, 4) is 0 Å². The van der Waals surface area contributed by atoms with Crippen LogP contribution in [0, 0.1) is 0 Å². The van der Waals surface area contributed by atoms with Crippen molar-refractivity contribution >= 4 is 44.9 Å². The fraction of sp³-hybridized carbons (Fsp3) is 0.467. The van der Waals surface area contributed by atoms with Gasteiger partial charge in [0.2, 0.25) is 0 Å². The van der Waals surface area contributed by atoms with E-state index >= 15 is 0 Å². The molecule has 0 aliphatic carbocycles. The highest BCUT2D eigenvalue weighted by Crippen LogP contribution is 2.20. The Morgan fingerprint density at radius 3 is 2.00 bits per heavy atom. The number of amides is 1. The highest BCUT2D eigenvalue weighted by molar-refractivity contribution is 7.90. The molecular weight excluding hydrogens is 412 g/mol. The fourth-order valence-electron chi connectivity index (χ4n) is 1.59. The van der Waals surface area contributed by atoms with E-state index in [-0.39, 0.29) is 16.9 Å². The highest BCUT2D eigenvalue weighted by atomic mass is 35.5. The smallest absolute Gasteiger partial charge is 0.303 e. The first-order valence-corrected chi connectivity index (χ1v) is 10.0. The Morgan fingerprint density at radius 1 is 1.23 bits per heavy atom. The molecule has 0 aromatic heterocycles. The average Bonchev–Trinajstić information content (AvgIpc) is 2.58. The van der Waals surface area contributed by atoms with E-state index in [9.17, 15) is 27.5 Å². The molecule has 26 heavy (non-hydrogen) atoms. The Hall–Kier alpha value is -1.42. The molecule has 1 amide bonds. The van der Waals surface area contributed by atoms with E-state index in [1.54, 1.807) is 6.92 Å². The van der Waals surface area contributed by atoms with Gasteiger partial charge in [-0.05, 0) is 17.7 Å². The van der Waals surface area contributed by atoms with Gasteiger partial charge < -0.3 is 15.5 Å². The van der Waals surface area contributed by atoms with E-state index < -0.39 is 45.4 Å². The summed E-state index contributed by atoms with van der Waals surface area (Å²) in [5, 5.41) is 19.9. The predicted molar refractivity (Wildman–Crippen MR) is 95.8 cm³/mol. The Bertz CT molecular complexity index is 697. The number of benzene rings is 1. The van der Waals surface area contributed by atoms with Crippen molar-refractivity contribution in [1.82, 2.24) is 5.32 Å². The maximum atomic E-state index is 12.9. The van der Waals surface area contributed by atoms with E-state index in [0.717, 1.165) is 6.26 Å². The SMILES string of the molecule is CCC(=O)O.CS(=O)(=O)c1ccc([C@@H](O)[C@@H](CF)NC(=O)C(Cl)Cl)cc1. The number of rotatable bonds is 7. The first-order chi connectivity index (χ1) is 11.9. The van der Waals surface area contributed by atoms with Crippen LogP contribution < -0.4 is 5.32 Å².